The topological polar surface area (TPSA) is 96.8 Å². The number of halogens is 5. The van der Waals surface area contributed by atoms with Crippen molar-refractivity contribution in [1.82, 2.24) is 15.0 Å². The molecule has 1 aliphatic rings. The molecule has 2 heterocycles. The van der Waals surface area contributed by atoms with E-state index in [1.54, 1.807) is 18.3 Å². The third-order valence-corrected chi connectivity index (χ3v) is 8.18. The first-order valence-corrected chi connectivity index (χ1v) is 15.4. The summed E-state index contributed by atoms with van der Waals surface area (Å²) in [6.45, 7) is 4.67. The first kappa shape index (κ1) is 30.8. The molecule has 0 spiro atoms. The number of aryl methyl sites for hydroxylation is 1. The Morgan fingerprint density at radius 1 is 0.976 bits per heavy atom. The molecule has 1 aliphatic heterocycles. The minimum atomic E-state index is 0.235. The minimum absolute atomic E-state index is 0.235. The number of nitrogens with zero attached hydrogens (tertiary/aromatic N) is 5. The highest BCUT2D eigenvalue weighted by atomic mass is 79.9. The molecule has 0 saturated carbocycles. The monoisotopic (exact) mass is 753 g/mol. The molecule has 218 valence electrons. The van der Waals surface area contributed by atoms with Crippen molar-refractivity contribution in [2.75, 3.05) is 41.9 Å². The van der Waals surface area contributed by atoms with Crippen LogP contribution >= 0.6 is 66.7 Å². The van der Waals surface area contributed by atoms with Gasteiger partial charge in [-0.3, -0.25) is 0 Å². The van der Waals surface area contributed by atoms with E-state index in [1.165, 1.54) is 0 Å². The van der Waals surface area contributed by atoms with Gasteiger partial charge in [-0.2, -0.15) is 20.1 Å². The van der Waals surface area contributed by atoms with Crippen molar-refractivity contribution in [2.24, 2.45) is 5.10 Å². The van der Waals surface area contributed by atoms with E-state index in [9.17, 15) is 0 Å². The zero-order chi connectivity index (χ0) is 29.6. The summed E-state index contributed by atoms with van der Waals surface area (Å²) in [7, 11) is 0. The van der Waals surface area contributed by atoms with E-state index in [1.807, 2.05) is 48.2 Å². The Morgan fingerprint density at radius 3 is 2.52 bits per heavy atom. The predicted octanol–water partition coefficient (Wildman–Crippen LogP) is 8.27. The predicted molar refractivity (Wildman–Crippen MR) is 176 cm³/mol. The minimum Gasteiger partial charge on any atom is -0.487 e. The molecule has 5 rings (SSSR count). The SMILES string of the molecule is Cc1ccc(Nc2nc(N/N=C\c3cc(Br)cc(Br)c3OCc3ccc(Cl)cc3Cl)nc(N3CCOCC3)n2)cc1Cl. The van der Waals surface area contributed by atoms with Crippen molar-refractivity contribution in [3.05, 3.63) is 89.2 Å². The average molecular weight is 757 g/mol. The van der Waals surface area contributed by atoms with Gasteiger partial charge in [-0.25, -0.2) is 5.43 Å². The molecular weight excluding hydrogens is 733 g/mol. The van der Waals surface area contributed by atoms with E-state index in [4.69, 9.17) is 44.3 Å². The van der Waals surface area contributed by atoms with Crippen LogP contribution in [0, 0.1) is 6.92 Å². The van der Waals surface area contributed by atoms with Gasteiger partial charge in [0.15, 0.2) is 0 Å². The number of morpholine rings is 1. The van der Waals surface area contributed by atoms with Gasteiger partial charge in [0.2, 0.25) is 17.8 Å². The Bertz CT molecular complexity index is 1620. The molecule has 0 atom stereocenters. The fraction of sp³-hybridized carbons (Fsp3) is 0.214. The van der Waals surface area contributed by atoms with Crippen LogP contribution in [0.2, 0.25) is 15.1 Å². The summed E-state index contributed by atoms with van der Waals surface area (Å²) in [6.07, 6.45) is 1.62. The Hall–Kier alpha value is -2.67. The number of benzene rings is 3. The molecule has 1 saturated heterocycles. The van der Waals surface area contributed by atoms with Crippen molar-refractivity contribution < 1.29 is 9.47 Å². The Kier molecular flexibility index (Phi) is 10.4. The van der Waals surface area contributed by atoms with E-state index in [2.05, 4.69) is 62.7 Å². The fourth-order valence-corrected chi connectivity index (χ4v) is 5.97. The number of anilines is 4. The number of rotatable bonds is 9. The third-order valence-electron chi connectivity index (χ3n) is 6.14. The molecule has 0 aliphatic carbocycles. The van der Waals surface area contributed by atoms with Crippen LogP contribution in [0.1, 0.15) is 16.7 Å². The summed E-state index contributed by atoms with van der Waals surface area (Å²) in [4.78, 5) is 15.8. The molecule has 0 amide bonds. The highest BCUT2D eigenvalue weighted by Gasteiger charge is 2.17. The van der Waals surface area contributed by atoms with Gasteiger partial charge in [-0.15, -0.1) is 0 Å². The molecule has 1 fully saturated rings. The van der Waals surface area contributed by atoms with Crippen LogP contribution in [0.25, 0.3) is 0 Å². The summed E-state index contributed by atoms with van der Waals surface area (Å²) in [5.74, 6) is 1.69. The van der Waals surface area contributed by atoms with E-state index >= 15 is 0 Å². The van der Waals surface area contributed by atoms with Crippen LogP contribution in [-0.2, 0) is 11.3 Å². The van der Waals surface area contributed by atoms with Gasteiger partial charge in [-0.1, -0.05) is 62.9 Å². The molecule has 9 nitrogen and oxygen atoms in total. The highest BCUT2D eigenvalue weighted by molar-refractivity contribution is 9.11. The first-order chi connectivity index (χ1) is 20.2. The molecule has 1 aromatic heterocycles. The summed E-state index contributed by atoms with van der Waals surface area (Å²) in [5, 5.41) is 9.35. The Morgan fingerprint density at radius 2 is 1.76 bits per heavy atom. The van der Waals surface area contributed by atoms with E-state index in [0.29, 0.717) is 64.6 Å². The lowest BCUT2D eigenvalue weighted by molar-refractivity contribution is 0.122. The molecular formula is C28H24Br2Cl3N7O2. The highest BCUT2D eigenvalue weighted by Crippen LogP contribution is 2.33. The van der Waals surface area contributed by atoms with Crippen LogP contribution < -0.4 is 20.4 Å². The maximum Gasteiger partial charge on any atom is 0.250 e. The first-order valence-electron chi connectivity index (χ1n) is 12.7. The van der Waals surface area contributed by atoms with Gasteiger partial charge >= 0.3 is 0 Å². The molecule has 0 radical (unpaired) electrons. The van der Waals surface area contributed by atoms with Crippen LogP contribution in [0.5, 0.6) is 5.75 Å². The maximum atomic E-state index is 6.34. The number of hydrazone groups is 1. The third kappa shape index (κ3) is 8.03. The maximum absolute atomic E-state index is 6.34. The number of aromatic nitrogens is 3. The summed E-state index contributed by atoms with van der Waals surface area (Å²) < 4.78 is 13.2. The number of hydrogen-bond acceptors (Lipinski definition) is 9. The van der Waals surface area contributed by atoms with E-state index < -0.39 is 0 Å². The zero-order valence-corrected chi connectivity index (χ0v) is 27.6. The van der Waals surface area contributed by atoms with Crippen LogP contribution in [0.15, 0.2) is 62.6 Å². The molecule has 14 heteroatoms. The molecule has 3 aromatic carbocycles. The standard InChI is InChI=1S/C28H24Br2Cl3N7O2/c1-16-2-5-21(13-23(16)32)35-26-36-27(38-28(37-26)40-6-8-41-9-7-40)39-34-14-18-10-19(29)11-22(30)25(18)42-15-17-3-4-20(31)12-24(17)33/h2-5,10-14H,6-9,15H2,1H3,(H2,35,36,37,38,39)/b34-14-. The molecule has 0 bridgehead atoms. The Labute approximate surface area is 274 Å². The second-order valence-corrected chi connectivity index (χ2v) is 12.2. The average Bonchev–Trinajstić information content (AvgIpc) is 2.96. The second-order valence-electron chi connectivity index (χ2n) is 9.17. The van der Waals surface area contributed by atoms with Gasteiger partial charge in [-0.05, 0) is 64.8 Å². The van der Waals surface area contributed by atoms with Crippen molar-refractivity contribution in [3.8, 4) is 5.75 Å². The summed E-state index contributed by atoms with van der Waals surface area (Å²) >= 11 is 25.8. The van der Waals surface area contributed by atoms with E-state index in [0.717, 1.165) is 25.8 Å². The van der Waals surface area contributed by atoms with Gasteiger partial charge in [0.05, 0.1) is 23.9 Å². The lowest BCUT2D eigenvalue weighted by Gasteiger charge is -2.27. The van der Waals surface area contributed by atoms with Crippen LogP contribution in [0.4, 0.5) is 23.5 Å². The number of nitrogens with one attached hydrogen (secondary N) is 2. The van der Waals surface area contributed by atoms with Crippen LogP contribution in [-0.4, -0.2) is 47.5 Å². The zero-order valence-electron chi connectivity index (χ0n) is 22.2. The summed E-state index contributed by atoms with van der Waals surface area (Å²) in [6, 6.07) is 14.7. The fourth-order valence-electron chi connectivity index (χ4n) is 3.95. The molecule has 4 aromatic rings. The normalized spacial score (nSPS) is 13.4. The Balaban J connectivity index is 1.38. The van der Waals surface area contributed by atoms with Gasteiger partial charge in [0, 0.05) is 49.4 Å². The smallest absolute Gasteiger partial charge is 0.250 e. The second kappa shape index (κ2) is 14.2. The van der Waals surface area contributed by atoms with Gasteiger partial charge in [0.25, 0.3) is 0 Å². The lowest BCUT2D eigenvalue weighted by atomic mass is 10.2. The van der Waals surface area contributed by atoms with Crippen molar-refractivity contribution >= 4 is 96.4 Å². The van der Waals surface area contributed by atoms with Crippen LogP contribution in [0.3, 0.4) is 0 Å². The molecule has 2 N–H and O–H groups in total. The van der Waals surface area contributed by atoms with Gasteiger partial charge in [0.1, 0.15) is 12.4 Å². The molecule has 0 unspecified atom stereocenters. The lowest BCUT2D eigenvalue weighted by Crippen LogP contribution is -2.37. The van der Waals surface area contributed by atoms with Crippen molar-refractivity contribution in [1.29, 1.82) is 0 Å². The van der Waals surface area contributed by atoms with Gasteiger partial charge < -0.3 is 19.7 Å². The largest absolute Gasteiger partial charge is 0.487 e. The molecule has 42 heavy (non-hydrogen) atoms. The summed E-state index contributed by atoms with van der Waals surface area (Å²) in [5.41, 5.74) is 6.16. The quantitative estimate of drug-likeness (QED) is 0.130. The van der Waals surface area contributed by atoms with E-state index in [-0.39, 0.29) is 12.6 Å². The number of hydrogen-bond donors (Lipinski definition) is 2. The number of ether oxygens (including phenoxy) is 2. The van der Waals surface area contributed by atoms with Crippen molar-refractivity contribution in [2.45, 2.75) is 13.5 Å². The van der Waals surface area contributed by atoms with Crippen molar-refractivity contribution in [3.63, 3.8) is 0 Å².